The molecule has 0 unspecified atom stereocenters. The second-order valence-corrected chi connectivity index (χ2v) is 2.29. The highest BCUT2D eigenvalue weighted by Gasteiger charge is 1.79. The molecule has 0 heteroatoms. The molecule has 0 bridgehead atoms. The highest BCUT2D eigenvalue weighted by molar-refractivity contribution is 4.94. The van der Waals surface area contributed by atoms with Gasteiger partial charge in [0.25, 0.3) is 0 Å². The third-order valence-electron chi connectivity index (χ3n) is 1.14. The highest BCUT2D eigenvalue weighted by Crippen LogP contribution is 2.00. The molecule has 0 atom stereocenters. The second kappa shape index (κ2) is 62.7. The summed E-state index contributed by atoms with van der Waals surface area (Å²) in [5.41, 5.74) is 1.50. The SMILES string of the molecule is C/C=C(/C)CCC.C=CC.CC.CC.CC. The zero-order valence-electron chi connectivity index (χ0n) is 13.8. The van der Waals surface area contributed by atoms with E-state index in [1.165, 1.54) is 18.4 Å². The van der Waals surface area contributed by atoms with E-state index in [-0.39, 0.29) is 0 Å². The van der Waals surface area contributed by atoms with Crippen molar-refractivity contribution in [2.45, 2.75) is 82.1 Å². The Bertz CT molecular complexity index is 88.2. The van der Waals surface area contributed by atoms with Gasteiger partial charge < -0.3 is 0 Å². The van der Waals surface area contributed by atoms with Gasteiger partial charge >= 0.3 is 0 Å². The minimum absolute atomic E-state index is 1.26. The third kappa shape index (κ3) is 105. The molecule has 0 N–H and O–H groups in total. The first kappa shape index (κ1) is 29.6. The lowest BCUT2D eigenvalue weighted by atomic mass is 10.2. The van der Waals surface area contributed by atoms with Crippen molar-refractivity contribution < 1.29 is 0 Å². The van der Waals surface area contributed by atoms with Crippen LogP contribution < -0.4 is 0 Å². The lowest BCUT2D eigenvalue weighted by Gasteiger charge is -1.91. The molecule has 0 spiro atoms. The summed E-state index contributed by atoms with van der Waals surface area (Å²) in [6, 6.07) is 0. The Morgan fingerprint density at radius 3 is 1.25 bits per heavy atom. The first-order valence-electron chi connectivity index (χ1n) is 6.91. The third-order valence-corrected chi connectivity index (χ3v) is 1.14. The van der Waals surface area contributed by atoms with Crippen molar-refractivity contribution in [3.8, 4) is 0 Å². The van der Waals surface area contributed by atoms with E-state index in [0.29, 0.717) is 0 Å². The first-order valence-corrected chi connectivity index (χ1v) is 6.91. The molecule has 0 aromatic carbocycles. The van der Waals surface area contributed by atoms with Gasteiger partial charge in [-0.15, -0.1) is 6.58 Å². The normalized spacial score (nSPS) is 7.25. The van der Waals surface area contributed by atoms with E-state index in [9.17, 15) is 0 Å². The summed E-state index contributed by atoms with van der Waals surface area (Å²) >= 11 is 0. The second-order valence-electron chi connectivity index (χ2n) is 2.29. The minimum atomic E-state index is 1.26. The van der Waals surface area contributed by atoms with Gasteiger partial charge in [0.1, 0.15) is 0 Å². The van der Waals surface area contributed by atoms with Crippen molar-refractivity contribution in [3.05, 3.63) is 24.3 Å². The molecule has 0 saturated heterocycles. The van der Waals surface area contributed by atoms with Crippen LogP contribution in [-0.2, 0) is 0 Å². The van der Waals surface area contributed by atoms with Gasteiger partial charge in [0.15, 0.2) is 0 Å². The Hall–Kier alpha value is -0.520. The van der Waals surface area contributed by atoms with Gasteiger partial charge in [0, 0.05) is 0 Å². The molecule has 0 fully saturated rings. The molecule has 0 rings (SSSR count). The molecular weight excluding hydrogens is 192 g/mol. The molecule has 0 nitrogen and oxygen atoms in total. The van der Waals surface area contributed by atoms with E-state index < -0.39 is 0 Å². The predicted molar refractivity (Wildman–Crippen MR) is 84.3 cm³/mol. The van der Waals surface area contributed by atoms with Crippen LogP contribution in [0, 0.1) is 0 Å². The fourth-order valence-electron chi connectivity index (χ4n) is 0.539. The molecule has 0 radical (unpaired) electrons. The van der Waals surface area contributed by atoms with E-state index in [2.05, 4.69) is 33.4 Å². The summed E-state index contributed by atoms with van der Waals surface area (Å²) < 4.78 is 0. The lowest BCUT2D eigenvalue weighted by molar-refractivity contribution is 0.903. The van der Waals surface area contributed by atoms with Crippen LogP contribution in [0.25, 0.3) is 0 Å². The van der Waals surface area contributed by atoms with Crippen molar-refractivity contribution >= 4 is 0 Å². The molecular formula is C16H38. The lowest BCUT2D eigenvalue weighted by Crippen LogP contribution is -1.70. The van der Waals surface area contributed by atoms with Crippen molar-refractivity contribution in [1.82, 2.24) is 0 Å². The molecule has 0 aromatic heterocycles. The Kier molecular flexibility index (Phi) is 116. The smallest absolute Gasteiger partial charge is 0.0326 e. The van der Waals surface area contributed by atoms with Crippen LogP contribution in [0.15, 0.2) is 24.3 Å². The number of rotatable bonds is 2. The molecule has 0 aliphatic carbocycles. The first-order chi connectivity index (χ1) is 7.72. The zero-order chi connectivity index (χ0) is 14.4. The van der Waals surface area contributed by atoms with Crippen molar-refractivity contribution in [1.29, 1.82) is 0 Å². The molecule has 0 aromatic rings. The molecule has 0 heterocycles. The van der Waals surface area contributed by atoms with Gasteiger partial charge in [-0.25, -0.2) is 0 Å². The molecule has 0 aliphatic heterocycles. The van der Waals surface area contributed by atoms with Crippen LogP contribution in [0.3, 0.4) is 0 Å². The van der Waals surface area contributed by atoms with Crippen LogP contribution in [0.4, 0.5) is 0 Å². The van der Waals surface area contributed by atoms with Gasteiger partial charge in [-0.05, 0) is 27.2 Å². The molecule has 0 saturated carbocycles. The Balaban J connectivity index is -0.0000000379. The van der Waals surface area contributed by atoms with E-state index in [1.54, 1.807) is 6.08 Å². The summed E-state index contributed by atoms with van der Waals surface area (Å²) in [6.07, 6.45) is 6.45. The minimum Gasteiger partial charge on any atom is -0.103 e. The monoisotopic (exact) mass is 230 g/mol. The van der Waals surface area contributed by atoms with Crippen LogP contribution in [-0.4, -0.2) is 0 Å². The maximum absolute atomic E-state index is 3.36. The average Bonchev–Trinajstić information content (AvgIpc) is 2.38. The van der Waals surface area contributed by atoms with Crippen LogP contribution >= 0.6 is 0 Å². The average molecular weight is 230 g/mol. The van der Waals surface area contributed by atoms with Gasteiger partial charge in [0.05, 0.1) is 0 Å². The van der Waals surface area contributed by atoms with E-state index in [4.69, 9.17) is 0 Å². The number of hydrogen-bond acceptors (Lipinski definition) is 0. The van der Waals surface area contributed by atoms with Crippen LogP contribution in [0.1, 0.15) is 82.1 Å². The Labute approximate surface area is 107 Å². The van der Waals surface area contributed by atoms with Crippen molar-refractivity contribution in [3.63, 3.8) is 0 Å². The zero-order valence-corrected chi connectivity index (χ0v) is 13.8. The van der Waals surface area contributed by atoms with E-state index in [1.807, 2.05) is 48.5 Å². The van der Waals surface area contributed by atoms with Gasteiger partial charge in [0.2, 0.25) is 0 Å². The van der Waals surface area contributed by atoms with Gasteiger partial charge in [-0.1, -0.05) is 72.6 Å². The van der Waals surface area contributed by atoms with E-state index >= 15 is 0 Å². The molecule has 102 valence electrons. The topological polar surface area (TPSA) is 0 Å². The fourth-order valence-corrected chi connectivity index (χ4v) is 0.539. The van der Waals surface area contributed by atoms with Crippen molar-refractivity contribution in [2.75, 3.05) is 0 Å². The maximum Gasteiger partial charge on any atom is -0.0326 e. The Morgan fingerprint density at radius 1 is 0.938 bits per heavy atom. The molecule has 0 amide bonds. The summed E-state index contributed by atoms with van der Waals surface area (Å²) in [6.45, 7) is 23.7. The quantitative estimate of drug-likeness (QED) is 0.447. The molecule has 16 heavy (non-hydrogen) atoms. The van der Waals surface area contributed by atoms with Gasteiger partial charge in [-0.3, -0.25) is 0 Å². The standard InChI is InChI=1S/C7H14.C3H6.3C2H6/c1-4-6-7(3)5-2;1-3-2;3*1-2/h5H,4,6H2,1-3H3;3H,1H2,2H3;3*1-2H3/b7-5-;;;;. The number of allylic oxidation sites excluding steroid dienone is 3. The van der Waals surface area contributed by atoms with Crippen LogP contribution in [0.2, 0.25) is 0 Å². The number of hydrogen-bond donors (Lipinski definition) is 0. The van der Waals surface area contributed by atoms with Gasteiger partial charge in [-0.2, -0.15) is 0 Å². The predicted octanol–water partition coefficient (Wildman–Crippen LogP) is 7.02. The van der Waals surface area contributed by atoms with Crippen molar-refractivity contribution in [2.24, 2.45) is 0 Å². The van der Waals surface area contributed by atoms with Crippen LogP contribution in [0.5, 0.6) is 0 Å². The fraction of sp³-hybridized carbons (Fsp3) is 0.750. The summed E-state index contributed by atoms with van der Waals surface area (Å²) in [7, 11) is 0. The largest absolute Gasteiger partial charge is 0.103 e. The summed E-state index contributed by atoms with van der Waals surface area (Å²) in [4.78, 5) is 0. The maximum atomic E-state index is 3.36. The molecule has 0 aliphatic rings. The summed E-state index contributed by atoms with van der Waals surface area (Å²) in [5.74, 6) is 0. The Morgan fingerprint density at radius 2 is 1.19 bits per heavy atom. The van der Waals surface area contributed by atoms with E-state index in [0.717, 1.165) is 0 Å². The summed E-state index contributed by atoms with van der Waals surface area (Å²) in [5, 5.41) is 0. The highest BCUT2D eigenvalue weighted by atomic mass is 13.9.